The molecule has 4 heteroatoms. The summed E-state index contributed by atoms with van der Waals surface area (Å²) in [5.74, 6) is 5.39. The molecule has 0 amide bonds. The average Bonchev–Trinajstić information content (AvgIpc) is 2.54. The summed E-state index contributed by atoms with van der Waals surface area (Å²) in [4.78, 5) is 10.9. The molecule has 22 heavy (non-hydrogen) atoms. The summed E-state index contributed by atoms with van der Waals surface area (Å²) in [7, 11) is 0. The summed E-state index contributed by atoms with van der Waals surface area (Å²) >= 11 is 0.0991. The summed E-state index contributed by atoms with van der Waals surface area (Å²) < 4.78 is 10.2. The Morgan fingerprint density at radius 3 is 2.73 bits per heavy atom. The molecule has 1 unspecified atom stereocenters. The first-order chi connectivity index (χ1) is 10.7. The van der Waals surface area contributed by atoms with E-state index in [4.69, 9.17) is 9.84 Å². The molecule has 114 valence electrons. The number of carboxylic acids is 1. The predicted molar refractivity (Wildman–Crippen MR) is 97.7 cm³/mol. The molecular weight excluding hydrogens is 391 g/mol. The van der Waals surface area contributed by atoms with Crippen LogP contribution in [0.15, 0.2) is 46.1 Å². The van der Waals surface area contributed by atoms with Crippen LogP contribution in [-0.2, 0) is 4.79 Å². The van der Waals surface area contributed by atoms with Gasteiger partial charge in [-0.05, 0) is 50.4 Å². The average molecular weight is 408 g/mol. The number of carbonyl (C=O) groups is 1. The fourth-order valence-electron chi connectivity index (χ4n) is 1.99. The Morgan fingerprint density at radius 2 is 2.14 bits per heavy atom. The molecule has 0 saturated carbocycles. The smallest absolute Gasteiger partial charge is 0.304 e. The molecule has 3 nitrogen and oxygen atoms in total. The summed E-state index contributed by atoms with van der Waals surface area (Å²) in [6.07, 6.45) is 4.24. The van der Waals surface area contributed by atoms with Gasteiger partial charge in [0.25, 0.3) is 0 Å². The maximum absolute atomic E-state index is 10.9. The van der Waals surface area contributed by atoms with Crippen molar-refractivity contribution in [1.29, 1.82) is 0 Å². The standard InChI is InChI=1S/C18H17IO3/c1-2-3-16(12-18(20)21)15-4-6-17(7-5-15)22-13-14-8-10-19-11-9-14/h4-11,16H,12-13H2,1H3,(H,20,21). The molecule has 1 N–H and O–H groups in total. The summed E-state index contributed by atoms with van der Waals surface area (Å²) in [6.45, 7) is 2.26. The van der Waals surface area contributed by atoms with Crippen LogP contribution in [-0.4, -0.2) is 21.7 Å². The molecule has 1 aliphatic rings. The Morgan fingerprint density at radius 1 is 1.36 bits per heavy atom. The highest BCUT2D eigenvalue weighted by molar-refractivity contribution is 14.2. The summed E-state index contributed by atoms with van der Waals surface area (Å²) in [5.41, 5.74) is 2.06. The quantitative estimate of drug-likeness (QED) is 0.574. The van der Waals surface area contributed by atoms with Crippen LogP contribution in [0.25, 0.3) is 0 Å². The van der Waals surface area contributed by atoms with Gasteiger partial charge < -0.3 is 9.84 Å². The summed E-state index contributed by atoms with van der Waals surface area (Å²) in [5, 5.41) is 8.95. The van der Waals surface area contributed by atoms with Crippen LogP contribution in [0, 0.1) is 11.8 Å². The minimum absolute atomic E-state index is 0.0115. The molecular formula is C18H17IO3. The van der Waals surface area contributed by atoms with E-state index in [0.29, 0.717) is 6.61 Å². The van der Waals surface area contributed by atoms with Crippen molar-refractivity contribution in [2.45, 2.75) is 19.3 Å². The highest BCUT2D eigenvalue weighted by atomic mass is 127. The van der Waals surface area contributed by atoms with Crippen molar-refractivity contribution >= 4 is 30.7 Å². The van der Waals surface area contributed by atoms with Gasteiger partial charge in [-0.2, -0.15) is 0 Å². The van der Waals surface area contributed by atoms with Crippen LogP contribution in [0.2, 0.25) is 0 Å². The van der Waals surface area contributed by atoms with E-state index in [0.717, 1.165) is 16.9 Å². The number of allylic oxidation sites excluding steroid dienone is 1. The highest BCUT2D eigenvalue weighted by Crippen LogP contribution is 2.22. The summed E-state index contributed by atoms with van der Waals surface area (Å²) in [6, 6.07) is 7.50. The van der Waals surface area contributed by atoms with Crippen LogP contribution in [0.1, 0.15) is 24.8 Å². The number of hydrogen-bond donors (Lipinski definition) is 1. The van der Waals surface area contributed by atoms with E-state index in [2.05, 4.69) is 32.1 Å². The number of benzene rings is 1. The fraction of sp³-hybridized carbons (Fsp3) is 0.222. The lowest BCUT2D eigenvalue weighted by Gasteiger charge is -2.11. The van der Waals surface area contributed by atoms with Crippen LogP contribution in [0.3, 0.4) is 0 Å². The SMILES string of the molecule is CC#CC(CC(=O)O)c1ccc(OCC2=CC=IC=C2)cc1. The van der Waals surface area contributed by atoms with Gasteiger partial charge in [0.15, 0.2) is 0 Å². The number of aliphatic carboxylic acids is 1. The zero-order valence-corrected chi connectivity index (χ0v) is 14.4. The lowest BCUT2D eigenvalue weighted by atomic mass is 9.96. The number of carboxylic acid groups (broad SMARTS) is 1. The van der Waals surface area contributed by atoms with Gasteiger partial charge in [-0.3, -0.25) is 4.79 Å². The van der Waals surface area contributed by atoms with E-state index in [1.807, 2.05) is 24.3 Å². The van der Waals surface area contributed by atoms with E-state index in [9.17, 15) is 4.79 Å². The molecule has 0 fully saturated rings. The minimum atomic E-state index is -0.844. The van der Waals surface area contributed by atoms with Gasteiger partial charge in [0, 0.05) is 0 Å². The molecule has 1 aromatic rings. The van der Waals surface area contributed by atoms with E-state index in [-0.39, 0.29) is 33.1 Å². The van der Waals surface area contributed by atoms with Gasteiger partial charge >= 0.3 is 5.97 Å². The molecule has 0 saturated heterocycles. The zero-order valence-electron chi connectivity index (χ0n) is 12.3. The molecule has 2 rings (SSSR count). The molecule has 0 spiro atoms. The van der Waals surface area contributed by atoms with Gasteiger partial charge in [-0.15, -0.1) is 5.92 Å². The van der Waals surface area contributed by atoms with E-state index < -0.39 is 5.97 Å². The van der Waals surface area contributed by atoms with Crippen LogP contribution in [0.4, 0.5) is 0 Å². The first-order valence-corrected chi connectivity index (χ1v) is 9.36. The van der Waals surface area contributed by atoms with Gasteiger partial charge in [-0.25, -0.2) is 0 Å². The number of ether oxygens (including phenoxy) is 1. The molecule has 0 aromatic heterocycles. The van der Waals surface area contributed by atoms with E-state index >= 15 is 0 Å². The predicted octanol–water partition coefficient (Wildman–Crippen LogP) is 3.87. The molecule has 0 aliphatic carbocycles. The Hall–Kier alpha value is -1.87. The Balaban J connectivity index is 2.00. The Kier molecular flexibility index (Phi) is 6.41. The van der Waals surface area contributed by atoms with Gasteiger partial charge in [0.2, 0.25) is 0 Å². The number of halogens is 1. The maximum Gasteiger partial charge on any atom is 0.304 e. The normalized spacial score (nSPS) is 14.1. The van der Waals surface area contributed by atoms with Crippen LogP contribution >= 0.6 is 20.7 Å². The molecule has 1 aromatic carbocycles. The topological polar surface area (TPSA) is 46.5 Å². The first-order valence-electron chi connectivity index (χ1n) is 6.87. The molecule has 0 radical (unpaired) electrons. The fourth-order valence-corrected chi connectivity index (χ4v) is 3.57. The lowest BCUT2D eigenvalue weighted by Crippen LogP contribution is -2.05. The Labute approximate surface area is 140 Å². The minimum Gasteiger partial charge on any atom is -0.489 e. The van der Waals surface area contributed by atoms with E-state index in [1.165, 1.54) is 0 Å². The van der Waals surface area contributed by atoms with Crippen molar-refractivity contribution in [3.8, 4) is 17.6 Å². The maximum atomic E-state index is 10.9. The van der Waals surface area contributed by atoms with Crippen LogP contribution in [0.5, 0.6) is 5.75 Å². The second kappa shape index (κ2) is 8.54. The van der Waals surface area contributed by atoms with Crippen molar-refractivity contribution in [2.24, 2.45) is 0 Å². The Bertz CT molecular complexity index is 673. The first kappa shape index (κ1) is 16.5. The van der Waals surface area contributed by atoms with Crippen molar-refractivity contribution in [2.75, 3.05) is 6.61 Å². The monoisotopic (exact) mass is 408 g/mol. The largest absolute Gasteiger partial charge is 0.489 e. The second-order valence-electron chi connectivity index (χ2n) is 4.69. The van der Waals surface area contributed by atoms with Gasteiger partial charge in [0.1, 0.15) is 12.4 Å². The molecule has 1 atom stereocenters. The molecule has 0 bridgehead atoms. The number of hydrogen-bond acceptors (Lipinski definition) is 2. The molecule has 1 aliphatic heterocycles. The molecule has 1 heterocycles. The van der Waals surface area contributed by atoms with Crippen molar-refractivity contribution in [3.05, 3.63) is 51.6 Å². The van der Waals surface area contributed by atoms with Crippen LogP contribution < -0.4 is 4.74 Å². The van der Waals surface area contributed by atoms with Gasteiger partial charge in [-0.1, -0.05) is 38.8 Å². The van der Waals surface area contributed by atoms with E-state index in [1.54, 1.807) is 6.92 Å². The third kappa shape index (κ3) is 5.15. The van der Waals surface area contributed by atoms with Crippen molar-refractivity contribution < 1.29 is 14.6 Å². The third-order valence-electron chi connectivity index (χ3n) is 3.08. The van der Waals surface area contributed by atoms with Crippen molar-refractivity contribution in [1.82, 2.24) is 0 Å². The highest BCUT2D eigenvalue weighted by Gasteiger charge is 2.13. The number of rotatable bonds is 6. The second-order valence-corrected chi connectivity index (χ2v) is 6.85. The van der Waals surface area contributed by atoms with Crippen molar-refractivity contribution in [3.63, 3.8) is 0 Å². The lowest BCUT2D eigenvalue weighted by molar-refractivity contribution is -0.137. The zero-order chi connectivity index (χ0) is 15.8. The third-order valence-corrected chi connectivity index (χ3v) is 4.63. The van der Waals surface area contributed by atoms with Gasteiger partial charge in [0.05, 0.1) is 12.3 Å².